The van der Waals surface area contributed by atoms with Gasteiger partial charge < -0.3 is 10.1 Å². The fraction of sp³-hybridized carbons (Fsp3) is 0.263. The highest BCUT2D eigenvalue weighted by atomic mass is 79.9. The van der Waals surface area contributed by atoms with Crippen LogP contribution in [-0.2, 0) is 20.7 Å². The molecule has 1 heterocycles. The zero-order valence-electron chi connectivity index (χ0n) is 14.0. The standard InChI is InChI=1S/C19H20BrNO3S/c1-14-2-4-15(5-3-14)6-10-18(22)21-12-13-24-19(23)11-8-16-7-9-17(20)25-16/h2-5,7-9,11H,6,10,12-13H2,1H3,(H,21,22). The lowest BCUT2D eigenvalue weighted by Crippen LogP contribution is -2.28. The number of hydrogen-bond acceptors (Lipinski definition) is 4. The highest BCUT2D eigenvalue weighted by Crippen LogP contribution is 2.22. The van der Waals surface area contributed by atoms with Gasteiger partial charge in [0.1, 0.15) is 6.61 Å². The van der Waals surface area contributed by atoms with E-state index in [2.05, 4.69) is 21.2 Å². The molecule has 25 heavy (non-hydrogen) atoms. The first-order valence-electron chi connectivity index (χ1n) is 7.95. The zero-order valence-corrected chi connectivity index (χ0v) is 16.4. The topological polar surface area (TPSA) is 55.4 Å². The Balaban J connectivity index is 1.58. The van der Waals surface area contributed by atoms with Gasteiger partial charge in [-0.25, -0.2) is 4.79 Å². The van der Waals surface area contributed by atoms with Crippen LogP contribution >= 0.6 is 27.3 Å². The summed E-state index contributed by atoms with van der Waals surface area (Å²) in [7, 11) is 0. The third kappa shape index (κ3) is 7.67. The molecule has 0 aliphatic rings. The van der Waals surface area contributed by atoms with Crippen molar-refractivity contribution in [2.45, 2.75) is 19.8 Å². The quantitative estimate of drug-likeness (QED) is 0.396. The smallest absolute Gasteiger partial charge is 0.330 e. The minimum absolute atomic E-state index is 0.0457. The predicted octanol–water partition coefficient (Wildman–Crippen LogP) is 4.12. The first kappa shape index (κ1) is 19.4. The molecule has 1 aromatic heterocycles. The Kier molecular flexibility index (Phi) is 7.88. The molecule has 1 amide bonds. The molecule has 0 atom stereocenters. The third-order valence-corrected chi connectivity index (χ3v) is 5.00. The van der Waals surface area contributed by atoms with E-state index in [0.717, 1.165) is 14.2 Å². The maximum Gasteiger partial charge on any atom is 0.330 e. The summed E-state index contributed by atoms with van der Waals surface area (Å²) in [6.07, 6.45) is 4.21. The molecule has 2 aromatic rings. The van der Waals surface area contributed by atoms with E-state index in [1.807, 2.05) is 43.3 Å². The molecule has 4 nitrogen and oxygen atoms in total. The molecule has 1 N–H and O–H groups in total. The SMILES string of the molecule is Cc1ccc(CCC(=O)NCCOC(=O)C=Cc2ccc(Br)s2)cc1. The first-order valence-corrected chi connectivity index (χ1v) is 9.56. The fourth-order valence-corrected chi connectivity index (χ4v) is 3.39. The van der Waals surface area contributed by atoms with Gasteiger partial charge in [0.25, 0.3) is 0 Å². The van der Waals surface area contributed by atoms with Crippen LogP contribution < -0.4 is 5.32 Å². The fourth-order valence-electron chi connectivity index (χ4n) is 2.06. The Morgan fingerprint density at radius 3 is 2.64 bits per heavy atom. The molecule has 0 fully saturated rings. The van der Waals surface area contributed by atoms with Crippen molar-refractivity contribution in [2.24, 2.45) is 0 Å². The Morgan fingerprint density at radius 2 is 1.96 bits per heavy atom. The second-order valence-electron chi connectivity index (χ2n) is 5.48. The molecule has 132 valence electrons. The molecule has 0 radical (unpaired) electrons. The van der Waals surface area contributed by atoms with E-state index in [9.17, 15) is 9.59 Å². The van der Waals surface area contributed by atoms with Crippen molar-refractivity contribution in [3.05, 3.63) is 62.3 Å². The molecule has 1 aromatic carbocycles. The van der Waals surface area contributed by atoms with Gasteiger partial charge in [-0.05, 0) is 53.0 Å². The van der Waals surface area contributed by atoms with E-state index >= 15 is 0 Å². The summed E-state index contributed by atoms with van der Waals surface area (Å²) in [6, 6.07) is 12.0. The van der Waals surface area contributed by atoms with Crippen LogP contribution in [0.15, 0.2) is 46.3 Å². The second-order valence-corrected chi connectivity index (χ2v) is 7.97. The summed E-state index contributed by atoms with van der Waals surface area (Å²) < 4.78 is 6.06. The molecule has 0 bridgehead atoms. The molecule has 0 aliphatic carbocycles. The summed E-state index contributed by atoms with van der Waals surface area (Å²) >= 11 is 4.89. The number of rotatable bonds is 8. The number of thiophene rings is 1. The Hall–Kier alpha value is -1.92. The molecule has 6 heteroatoms. The van der Waals surface area contributed by atoms with Crippen molar-refractivity contribution in [1.82, 2.24) is 5.32 Å². The molecule has 0 saturated heterocycles. The number of esters is 1. The number of amides is 1. The van der Waals surface area contributed by atoms with Gasteiger partial charge in [0.15, 0.2) is 0 Å². The monoisotopic (exact) mass is 421 g/mol. The van der Waals surface area contributed by atoms with Crippen LogP contribution in [0.4, 0.5) is 0 Å². The van der Waals surface area contributed by atoms with Crippen LogP contribution in [0.1, 0.15) is 22.4 Å². The zero-order chi connectivity index (χ0) is 18.1. The Labute approximate surface area is 160 Å². The van der Waals surface area contributed by atoms with Gasteiger partial charge >= 0.3 is 5.97 Å². The van der Waals surface area contributed by atoms with Crippen molar-refractivity contribution in [3.63, 3.8) is 0 Å². The van der Waals surface area contributed by atoms with Gasteiger partial charge in [0, 0.05) is 17.4 Å². The normalized spacial score (nSPS) is 10.8. The second kappa shape index (κ2) is 10.2. The number of carbonyl (C=O) groups excluding carboxylic acids is 2. The van der Waals surface area contributed by atoms with Gasteiger partial charge in [-0.15, -0.1) is 11.3 Å². The minimum Gasteiger partial charge on any atom is -0.461 e. The molecule has 0 spiro atoms. The summed E-state index contributed by atoms with van der Waals surface area (Å²) in [6.45, 7) is 2.51. The number of carbonyl (C=O) groups is 2. The van der Waals surface area contributed by atoms with Gasteiger partial charge in [-0.1, -0.05) is 29.8 Å². The van der Waals surface area contributed by atoms with Crippen LogP contribution in [0.2, 0.25) is 0 Å². The van der Waals surface area contributed by atoms with Crippen LogP contribution in [0.25, 0.3) is 6.08 Å². The summed E-state index contributed by atoms with van der Waals surface area (Å²) in [5.41, 5.74) is 2.34. The van der Waals surface area contributed by atoms with Crippen LogP contribution in [-0.4, -0.2) is 25.0 Å². The average molecular weight is 422 g/mol. The van der Waals surface area contributed by atoms with Crippen molar-refractivity contribution in [1.29, 1.82) is 0 Å². The minimum atomic E-state index is -0.418. The van der Waals surface area contributed by atoms with Crippen LogP contribution in [0.5, 0.6) is 0 Å². The average Bonchev–Trinajstić information content (AvgIpc) is 3.02. The molecular weight excluding hydrogens is 402 g/mol. The van der Waals surface area contributed by atoms with Crippen molar-refractivity contribution >= 4 is 45.2 Å². The van der Waals surface area contributed by atoms with Gasteiger partial charge in [0.2, 0.25) is 5.91 Å². The van der Waals surface area contributed by atoms with Crippen LogP contribution in [0, 0.1) is 6.92 Å². The lowest BCUT2D eigenvalue weighted by atomic mass is 10.1. The van der Waals surface area contributed by atoms with Crippen molar-refractivity contribution < 1.29 is 14.3 Å². The van der Waals surface area contributed by atoms with Crippen LogP contribution in [0.3, 0.4) is 0 Å². The van der Waals surface area contributed by atoms with E-state index in [1.165, 1.54) is 23.0 Å². The molecule has 0 saturated carbocycles. The number of nitrogens with one attached hydrogen (secondary N) is 1. The molecule has 0 unspecified atom stereocenters. The van der Waals surface area contributed by atoms with Gasteiger partial charge in [0.05, 0.1) is 10.3 Å². The third-order valence-electron chi connectivity index (χ3n) is 3.41. The maximum atomic E-state index is 11.8. The number of aryl methyl sites for hydroxylation is 2. The molecule has 0 aliphatic heterocycles. The highest BCUT2D eigenvalue weighted by Gasteiger charge is 2.03. The van der Waals surface area contributed by atoms with Gasteiger partial charge in [-0.2, -0.15) is 0 Å². The molecule has 2 rings (SSSR count). The number of hydrogen-bond donors (Lipinski definition) is 1. The lowest BCUT2D eigenvalue weighted by Gasteiger charge is -2.06. The summed E-state index contributed by atoms with van der Waals surface area (Å²) in [5, 5.41) is 2.75. The maximum absolute atomic E-state index is 11.8. The van der Waals surface area contributed by atoms with E-state index in [4.69, 9.17) is 4.74 Å². The largest absolute Gasteiger partial charge is 0.461 e. The van der Waals surface area contributed by atoms with Crippen molar-refractivity contribution in [2.75, 3.05) is 13.2 Å². The summed E-state index contributed by atoms with van der Waals surface area (Å²) in [5.74, 6) is -0.464. The molecular formula is C19H20BrNO3S. The first-order chi connectivity index (χ1) is 12.0. The number of ether oxygens (including phenoxy) is 1. The predicted molar refractivity (Wildman–Crippen MR) is 105 cm³/mol. The van der Waals surface area contributed by atoms with E-state index in [1.54, 1.807) is 6.08 Å². The highest BCUT2D eigenvalue weighted by molar-refractivity contribution is 9.11. The number of halogens is 1. The Bertz CT molecular complexity index is 737. The van der Waals surface area contributed by atoms with E-state index in [-0.39, 0.29) is 12.5 Å². The lowest BCUT2D eigenvalue weighted by molar-refractivity contribution is -0.138. The van der Waals surface area contributed by atoms with Crippen molar-refractivity contribution in [3.8, 4) is 0 Å². The number of benzene rings is 1. The Morgan fingerprint density at radius 1 is 1.20 bits per heavy atom. The van der Waals surface area contributed by atoms with E-state index < -0.39 is 5.97 Å². The van der Waals surface area contributed by atoms with E-state index in [0.29, 0.717) is 19.4 Å². The van der Waals surface area contributed by atoms with Gasteiger partial charge in [-0.3, -0.25) is 4.79 Å². The summed E-state index contributed by atoms with van der Waals surface area (Å²) in [4.78, 5) is 24.3.